The fourth-order valence-electron chi connectivity index (χ4n) is 4.04. The minimum atomic E-state index is -0.398. The van der Waals surface area contributed by atoms with Crippen LogP contribution in [-0.2, 0) is 9.53 Å². The molecule has 1 saturated carbocycles. The number of hydrogen-bond acceptors (Lipinski definition) is 4. The van der Waals surface area contributed by atoms with Gasteiger partial charge in [0.05, 0.1) is 19.8 Å². The van der Waals surface area contributed by atoms with Crippen LogP contribution in [-0.4, -0.2) is 61.6 Å². The minimum Gasteiger partial charge on any atom is -0.379 e. The fraction of sp³-hybridized carbons (Fsp3) is 0.600. The van der Waals surface area contributed by atoms with Gasteiger partial charge >= 0.3 is 0 Å². The third-order valence-corrected chi connectivity index (χ3v) is 5.60. The van der Waals surface area contributed by atoms with Crippen LogP contribution in [0.2, 0.25) is 0 Å². The van der Waals surface area contributed by atoms with E-state index >= 15 is 0 Å². The van der Waals surface area contributed by atoms with E-state index in [2.05, 4.69) is 15.5 Å². The van der Waals surface area contributed by atoms with E-state index in [1.54, 1.807) is 0 Å². The van der Waals surface area contributed by atoms with Crippen LogP contribution in [0.4, 0.5) is 4.39 Å². The molecule has 2 fully saturated rings. The first-order chi connectivity index (χ1) is 13.1. The number of halogens is 1. The predicted molar refractivity (Wildman–Crippen MR) is 100.0 cm³/mol. The van der Waals surface area contributed by atoms with Gasteiger partial charge in [-0.25, -0.2) is 4.39 Å². The molecule has 7 heteroatoms. The van der Waals surface area contributed by atoms with Crippen LogP contribution < -0.4 is 10.6 Å². The van der Waals surface area contributed by atoms with Crippen molar-refractivity contribution < 1.29 is 18.7 Å². The summed E-state index contributed by atoms with van der Waals surface area (Å²) in [4.78, 5) is 26.8. The number of benzene rings is 1. The molecule has 0 atom stereocenters. The van der Waals surface area contributed by atoms with Crippen molar-refractivity contribution in [3.63, 3.8) is 0 Å². The first-order valence-corrected chi connectivity index (χ1v) is 9.72. The van der Waals surface area contributed by atoms with Gasteiger partial charge in [0.25, 0.3) is 5.91 Å². The largest absolute Gasteiger partial charge is 0.379 e. The molecular weight excluding hydrogens is 349 g/mol. The quantitative estimate of drug-likeness (QED) is 0.792. The lowest BCUT2D eigenvalue weighted by atomic mass is 9.79. The van der Waals surface area contributed by atoms with Crippen LogP contribution in [0.15, 0.2) is 24.3 Å². The van der Waals surface area contributed by atoms with Gasteiger partial charge in [-0.3, -0.25) is 14.5 Å². The molecule has 2 N–H and O–H groups in total. The number of carbonyl (C=O) groups excluding carboxylic acids is 2. The van der Waals surface area contributed by atoms with Gasteiger partial charge in [-0.2, -0.15) is 0 Å². The van der Waals surface area contributed by atoms with Crippen molar-refractivity contribution in [2.75, 3.05) is 39.4 Å². The van der Waals surface area contributed by atoms with E-state index in [4.69, 9.17) is 4.74 Å². The van der Waals surface area contributed by atoms with E-state index in [-0.39, 0.29) is 23.9 Å². The zero-order valence-electron chi connectivity index (χ0n) is 15.6. The van der Waals surface area contributed by atoms with Gasteiger partial charge in [0.15, 0.2) is 0 Å². The van der Waals surface area contributed by atoms with E-state index in [1.165, 1.54) is 43.5 Å². The molecule has 0 radical (unpaired) electrons. The Balaban J connectivity index is 1.50. The summed E-state index contributed by atoms with van der Waals surface area (Å²) in [5, 5.41) is 5.60. The monoisotopic (exact) mass is 377 g/mol. The maximum atomic E-state index is 12.9. The summed E-state index contributed by atoms with van der Waals surface area (Å²) in [6.07, 6.45) is 5.75. The summed E-state index contributed by atoms with van der Waals surface area (Å²) in [6, 6.07) is 5.25. The Morgan fingerprint density at radius 1 is 1.04 bits per heavy atom. The normalized spacial score (nSPS) is 20.0. The Hall–Kier alpha value is -1.99. The van der Waals surface area contributed by atoms with Crippen molar-refractivity contribution in [3.8, 4) is 0 Å². The summed E-state index contributed by atoms with van der Waals surface area (Å²) in [5.74, 6) is -0.987. The Kier molecular flexibility index (Phi) is 6.79. The topological polar surface area (TPSA) is 70.7 Å². The maximum absolute atomic E-state index is 12.9. The second kappa shape index (κ2) is 9.28. The van der Waals surface area contributed by atoms with Gasteiger partial charge in [-0.1, -0.05) is 19.3 Å². The van der Waals surface area contributed by atoms with Gasteiger partial charge < -0.3 is 15.4 Å². The zero-order chi connectivity index (χ0) is 19.1. The molecule has 0 spiro atoms. The molecule has 1 aromatic carbocycles. The number of hydrogen-bond donors (Lipinski definition) is 2. The number of morpholine rings is 1. The van der Waals surface area contributed by atoms with Crippen LogP contribution in [0, 0.1) is 5.82 Å². The first-order valence-electron chi connectivity index (χ1n) is 9.72. The standard InChI is InChI=1S/C20H28FN3O3/c21-17-6-4-16(5-7-17)19(26)22-14-18(25)23-15-20(8-2-1-3-9-20)24-10-12-27-13-11-24/h4-7H,1-3,8-15H2,(H,22,26)(H,23,25). The molecule has 1 aliphatic heterocycles. The lowest BCUT2D eigenvalue weighted by Gasteiger charge is -2.48. The Labute approximate surface area is 159 Å². The average Bonchev–Trinajstić information content (AvgIpc) is 2.72. The summed E-state index contributed by atoms with van der Waals surface area (Å²) in [7, 11) is 0. The lowest BCUT2D eigenvalue weighted by molar-refractivity contribution is -0.121. The van der Waals surface area contributed by atoms with E-state index in [0.29, 0.717) is 12.1 Å². The van der Waals surface area contributed by atoms with Crippen molar-refractivity contribution in [1.82, 2.24) is 15.5 Å². The van der Waals surface area contributed by atoms with Crippen LogP contribution in [0.1, 0.15) is 42.5 Å². The zero-order valence-corrected chi connectivity index (χ0v) is 15.6. The molecule has 27 heavy (non-hydrogen) atoms. The smallest absolute Gasteiger partial charge is 0.251 e. The number of nitrogens with zero attached hydrogens (tertiary/aromatic N) is 1. The summed E-state index contributed by atoms with van der Waals surface area (Å²) in [5.41, 5.74) is 0.333. The number of carbonyl (C=O) groups is 2. The predicted octanol–water partition coefficient (Wildman–Crippen LogP) is 1.71. The molecule has 1 aliphatic carbocycles. The average molecular weight is 377 g/mol. The number of amides is 2. The summed E-state index contributed by atoms with van der Waals surface area (Å²) in [6.45, 7) is 3.79. The highest BCUT2D eigenvalue weighted by Crippen LogP contribution is 2.33. The van der Waals surface area contributed by atoms with Gasteiger partial charge in [0, 0.05) is 30.7 Å². The summed E-state index contributed by atoms with van der Waals surface area (Å²) >= 11 is 0. The molecule has 1 saturated heterocycles. The van der Waals surface area contributed by atoms with Crippen molar-refractivity contribution in [2.45, 2.75) is 37.6 Å². The van der Waals surface area contributed by atoms with Crippen LogP contribution >= 0.6 is 0 Å². The van der Waals surface area contributed by atoms with Gasteiger partial charge in [-0.15, -0.1) is 0 Å². The highest BCUT2D eigenvalue weighted by Gasteiger charge is 2.38. The van der Waals surface area contributed by atoms with Crippen molar-refractivity contribution in [1.29, 1.82) is 0 Å². The van der Waals surface area contributed by atoms with Crippen LogP contribution in [0.25, 0.3) is 0 Å². The number of rotatable bonds is 6. The van der Waals surface area contributed by atoms with Gasteiger partial charge in [0.1, 0.15) is 5.82 Å². The van der Waals surface area contributed by atoms with Crippen molar-refractivity contribution in [3.05, 3.63) is 35.6 Å². The number of nitrogens with one attached hydrogen (secondary N) is 2. The van der Waals surface area contributed by atoms with Crippen molar-refractivity contribution in [2.24, 2.45) is 0 Å². The molecule has 148 valence electrons. The molecular formula is C20H28FN3O3. The molecule has 0 unspecified atom stereocenters. The SMILES string of the molecule is O=C(CNC(=O)c1ccc(F)cc1)NCC1(N2CCOCC2)CCCCC1. The van der Waals surface area contributed by atoms with Crippen LogP contribution in [0.5, 0.6) is 0 Å². The van der Waals surface area contributed by atoms with E-state index in [9.17, 15) is 14.0 Å². The molecule has 6 nitrogen and oxygen atoms in total. The third-order valence-electron chi connectivity index (χ3n) is 5.60. The third kappa shape index (κ3) is 5.26. The molecule has 1 aromatic rings. The Morgan fingerprint density at radius 2 is 1.70 bits per heavy atom. The molecule has 2 aliphatic rings. The minimum absolute atomic E-state index is 0.00133. The molecule has 2 amide bonds. The second-order valence-electron chi connectivity index (χ2n) is 7.35. The van der Waals surface area contributed by atoms with Crippen LogP contribution in [0.3, 0.4) is 0 Å². The Morgan fingerprint density at radius 3 is 2.37 bits per heavy atom. The molecule has 0 bridgehead atoms. The molecule has 3 rings (SSSR count). The summed E-state index contributed by atoms with van der Waals surface area (Å²) < 4.78 is 18.4. The lowest BCUT2D eigenvalue weighted by Crippen LogP contribution is -2.60. The molecule has 0 aromatic heterocycles. The van der Waals surface area contributed by atoms with Gasteiger partial charge in [0.2, 0.25) is 5.91 Å². The van der Waals surface area contributed by atoms with E-state index in [1.807, 2.05) is 0 Å². The van der Waals surface area contributed by atoms with Gasteiger partial charge in [-0.05, 0) is 37.1 Å². The van der Waals surface area contributed by atoms with E-state index in [0.717, 1.165) is 39.1 Å². The van der Waals surface area contributed by atoms with Crippen molar-refractivity contribution >= 4 is 11.8 Å². The maximum Gasteiger partial charge on any atom is 0.251 e. The number of ether oxygens (including phenoxy) is 1. The second-order valence-corrected chi connectivity index (χ2v) is 7.35. The fourth-order valence-corrected chi connectivity index (χ4v) is 4.04. The Bertz CT molecular complexity index is 638. The van der Waals surface area contributed by atoms with E-state index < -0.39 is 5.82 Å². The highest BCUT2D eigenvalue weighted by atomic mass is 19.1. The first kappa shape index (κ1) is 19.8. The highest BCUT2D eigenvalue weighted by molar-refractivity contribution is 5.96. The molecule has 1 heterocycles.